The molecule has 0 radical (unpaired) electrons. The quantitative estimate of drug-likeness (QED) is 0.864. The monoisotopic (exact) mass is 231 g/mol. The fourth-order valence-electron chi connectivity index (χ4n) is 2.15. The molecule has 2 aromatic rings. The molecule has 2 nitrogen and oxygen atoms in total. The zero-order chi connectivity index (χ0) is 12.4. The lowest BCUT2D eigenvalue weighted by Crippen LogP contribution is -2.30. The molecule has 0 amide bonds. The fraction of sp³-hybridized carbons (Fsp3) is 0.467. The minimum Gasteiger partial charge on any atom is -0.461 e. The molecular weight excluding hydrogens is 210 g/mol. The fourth-order valence-corrected chi connectivity index (χ4v) is 2.15. The highest BCUT2D eigenvalue weighted by molar-refractivity contribution is 5.78. The van der Waals surface area contributed by atoms with Crippen LogP contribution in [0.2, 0.25) is 0 Å². The predicted octanol–water partition coefficient (Wildman–Crippen LogP) is 3.84. The van der Waals surface area contributed by atoms with Crippen LogP contribution in [0.25, 0.3) is 11.0 Å². The molecular formula is C15H21NO. The minimum atomic E-state index is 0.391. The second kappa shape index (κ2) is 4.92. The van der Waals surface area contributed by atoms with E-state index < -0.39 is 0 Å². The molecule has 0 aliphatic carbocycles. The van der Waals surface area contributed by atoms with Crippen LogP contribution in [0.4, 0.5) is 0 Å². The summed E-state index contributed by atoms with van der Waals surface area (Å²) in [6, 6.07) is 8.92. The van der Waals surface area contributed by atoms with Crippen molar-refractivity contribution in [3.63, 3.8) is 0 Å². The predicted molar refractivity (Wildman–Crippen MR) is 72.5 cm³/mol. The van der Waals surface area contributed by atoms with Gasteiger partial charge in [-0.05, 0) is 38.6 Å². The zero-order valence-electron chi connectivity index (χ0n) is 11.1. The first-order valence-corrected chi connectivity index (χ1v) is 6.35. The number of nitrogens with one attached hydrogen (secondary N) is 1. The van der Waals surface area contributed by atoms with Gasteiger partial charge in [-0.2, -0.15) is 0 Å². The van der Waals surface area contributed by atoms with Crippen LogP contribution in [0.15, 0.2) is 28.7 Å². The molecule has 2 rings (SSSR count). The second-order valence-electron chi connectivity index (χ2n) is 4.83. The van der Waals surface area contributed by atoms with Gasteiger partial charge in [-0.3, -0.25) is 0 Å². The topological polar surface area (TPSA) is 25.2 Å². The van der Waals surface area contributed by atoms with E-state index in [4.69, 9.17) is 4.42 Å². The molecule has 0 fully saturated rings. The molecule has 0 spiro atoms. The van der Waals surface area contributed by atoms with Crippen molar-refractivity contribution in [1.29, 1.82) is 0 Å². The van der Waals surface area contributed by atoms with E-state index in [0.717, 1.165) is 17.9 Å². The Morgan fingerprint density at radius 3 is 2.71 bits per heavy atom. The number of aryl methyl sites for hydroxylation is 1. The Balaban J connectivity index is 2.29. The zero-order valence-corrected chi connectivity index (χ0v) is 11.1. The highest BCUT2D eigenvalue weighted by Gasteiger charge is 2.17. The maximum Gasteiger partial charge on any atom is 0.134 e. The van der Waals surface area contributed by atoms with Gasteiger partial charge in [0.1, 0.15) is 11.3 Å². The smallest absolute Gasteiger partial charge is 0.134 e. The van der Waals surface area contributed by atoms with E-state index >= 15 is 0 Å². The third kappa shape index (κ3) is 2.52. The summed E-state index contributed by atoms with van der Waals surface area (Å²) < 4.78 is 5.91. The molecule has 1 aromatic carbocycles. The molecule has 1 N–H and O–H groups in total. The Labute approximate surface area is 103 Å². The average Bonchev–Trinajstić information content (AvgIpc) is 2.71. The van der Waals surface area contributed by atoms with E-state index in [2.05, 4.69) is 57.3 Å². The van der Waals surface area contributed by atoms with Crippen LogP contribution in [0.3, 0.4) is 0 Å². The number of hydrogen-bond donors (Lipinski definition) is 1. The number of benzene rings is 1. The van der Waals surface area contributed by atoms with Gasteiger partial charge in [-0.1, -0.05) is 25.5 Å². The van der Waals surface area contributed by atoms with Gasteiger partial charge in [0.2, 0.25) is 0 Å². The third-order valence-corrected chi connectivity index (χ3v) is 3.42. The van der Waals surface area contributed by atoms with Crippen LogP contribution in [-0.2, 0) is 0 Å². The maximum absolute atomic E-state index is 5.91. The lowest BCUT2D eigenvalue weighted by atomic mass is 10.0. The highest BCUT2D eigenvalue weighted by Crippen LogP contribution is 2.27. The molecule has 17 heavy (non-hydrogen) atoms. The average molecular weight is 231 g/mol. The van der Waals surface area contributed by atoms with E-state index in [1.807, 2.05) is 0 Å². The maximum atomic E-state index is 5.91. The van der Waals surface area contributed by atoms with Crippen LogP contribution in [0.5, 0.6) is 0 Å². The number of furan rings is 1. The van der Waals surface area contributed by atoms with E-state index in [-0.39, 0.29) is 0 Å². The van der Waals surface area contributed by atoms with Gasteiger partial charge in [0.25, 0.3) is 0 Å². The Hall–Kier alpha value is -1.28. The number of rotatable bonds is 4. The van der Waals surface area contributed by atoms with Crippen LogP contribution in [0, 0.1) is 6.92 Å². The van der Waals surface area contributed by atoms with Gasteiger partial charge in [0.05, 0.1) is 0 Å². The van der Waals surface area contributed by atoms with E-state index in [1.54, 1.807) is 0 Å². The van der Waals surface area contributed by atoms with Crippen molar-refractivity contribution >= 4 is 11.0 Å². The summed E-state index contributed by atoms with van der Waals surface area (Å²) in [5.74, 6) is 1.46. The molecule has 1 heterocycles. The van der Waals surface area contributed by atoms with Crippen LogP contribution in [0.1, 0.15) is 38.0 Å². The normalized spacial score (nSPS) is 15.1. The minimum absolute atomic E-state index is 0.391. The lowest BCUT2D eigenvalue weighted by Gasteiger charge is -2.18. The Bertz CT molecular complexity index is 501. The molecule has 0 aliphatic heterocycles. The van der Waals surface area contributed by atoms with Gasteiger partial charge in [0.15, 0.2) is 0 Å². The van der Waals surface area contributed by atoms with Crippen molar-refractivity contribution in [2.75, 3.05) is 6.54 Å². The van der Waals surface area contributed by atoms with E-state index in [9.17, 15) is 0 Å². The Kier molecular flexibility index (Phi) is 3.53. The summed E-state index contributed by atoms with van der Waals surface area (Å²) in [5.41, 5.74) is 2.26. The van der Waals surface area contributed by atoms with E-state index in [1.165, 1.54) is 10.9 Å². The largest absolute Gasteiger partial charge is 0.461 e. The Morgan fingerprint density at radius 2 is 2.00 bits per heavy atom. The summed E-state index contributed by atoms with van der Waals surface area (Å²) in [5, 5.41) is 4.64. The molecule has 0 saturated heterocycles. The van der Waals surface area contributed by atoms with E-state index in [0.29, 0.717) is 12.0 Å². The molecule has 92 valence electrons. The third-order valence-electron chi connectivity index (χ3n) is 3.42. The van der Waals surface area contributed by atoms with Crippen molar-refractivity contribution in [3.8, 4) is 0 Å². The molecule has 0 saturated carbocycles. The molecule has 2 unspecified atom stereocenters. The first-order chi connectivity index (χ1) is 8.11. The number of hydrogen-bond acceptors (Lipinski definition) is 2. The van der Waals surface area contributed by atoms with Crippen LogP contribution >= 0.6 is 0 Å². The summed E-state index contributed by atoms with van der Waals surface area (Å²) in [4.78, 5) is 0. The summed E-state index contributed by atoms with van der Waals surface area (Å²) in [6.45, 7) is 9.64. The molecule has 0 bridgehead atoms. The van der Waals surface area contributed by atoms with Crippen molar-refractivity contribution in [1.82, 2.24) is 5.32 Å². The molecule has 0 aliphatic rings. The molecule has 2 heteroatoms. The van der Waals surface area contributed by atoms with Crippen LogP contribution in [-0.4, -0.2) is 12.6 Å². The summed E-state index contributed by atoms with van der Waals surface area (Å²) >= 11 is 0. The number of likely N-dealkylation sites (N-methyl/N-ethyl adjacent to an activating group) is 1. The Morgan fingerprint density at radius 1 is 1.24 bits per heavy atom. The lowest BCUT2D eigenvalue weighted by molar-refractivity contribution is 0.422. The van der Waals surface area contributed by atoms with Gasteiger partial charge in [0, 0.05) is 17.3 Å². The van der Waals surface area contributed by atoms with Crippen molar-refractivity contribution < 1.29 is 4.42 Å². The number of fused-ring (bicyclic) bond motifs is 1. The molecule has 2 atom stereocenters. The standard InChI is InChI=1S/C15H21NO/c1-5-16-12(4)11(3)15-9-13-8-10(2)6-7-14(13)17-15/h6-9,11-12,16H,5H2,1-4H3. The van der Waals surface area contributed by atoms with Crippen molar-refractivity contribution in [3.05, 3.63) is 35.6 Å². The van der Waals surface area contributed by atoms with Crippen molar-refractivity contribution in [2.45, 2.75) is 39.7 Å². The van der Waals surface area contributed by atoms with Gasteiger partial charge >= 0.3 is 0 Å². The highest BCUT2D eigenvalue weighted by atomic mass is 16.3. The summed E-state index contributed by atoms with van der Waals surface area (Å²) in [6.07, 6.45) is 0. The van der Waals surface area contributed by atoms with Crippen LogP contribution < -0.4 is 5.32 Å². The van der Waals surface area contributed by atoms with Gasteiger partial charge < -0.3 is 9.73 Å². The summed E-state index contributed by atoms with van der Waals surface area (Å²) in [7, 11) is 0. The first-order valence-electron chi connectivity index (χ1n) is 6.35. The van der Waals surface area contributed by atoms with Gasteiger partial charge in [-0.25, -0.2) is 0 Å². The van der Waals surface area contributed by atoms with Gasteiger partial charge in [-0.15, -0.1) is 0 Å². The first kappa shape index (κ1) is 12.2. The van der Waals surface area contributed by atoms with Crippen molar-refractivity contribution in [2.24, 2.45) is 0 Å². The SMILES string of the molecule is CCNC(C)C(C)c1cc2cc(C)ccc2o1. The second-order valence-corrected chi connectivity index (χ2v) is 4.83. The molecule has 1 aromatic heterocycles.